The van der Waals surface area contributed by atoms with E-state index in [0.29, 0.717) is 5.56 Å². The van der Waals surface area contributed by atoms with Gasteiger partial charge in [0.2, 0.25) is 0 Å². The monoisotopic (exact) mass is 202 g/mol. The summed E-state index contributed by atoms with van der Waals surface area (Å²) in [7, 11) is -4.06. The van der Waals surface area contributed by atoms with Gasteiger partial charge in [0.1, 0.15) is 0 Å². The molecule has 0 spiro atoms. The number of hydrogen-bond acceptors (Lipinski definition) is 2. The topological polar surface area (TPSA) is 54.4 Å². The van der Waals surface area contributed by atoms with Gasteiger partial charge in [-0.05, 0) is 31.0 Å². The molecule has 13 heavy (non-hydrogen) atoms. The first-order valence-electron chi connectivity index (χ1n) is 3.46. The van der Waals surface area contributed by atoms with Crippen LogP contribution in [0.5, 0.6) is 0 Å². The molecule has 1 aromatic carbocycles. The van der Waals surface area contributed by atoms with Crippen molar-refractivity contribution in [1.29, 1.82) is 0 Å². The minimum Gasteiger partial charge on any atom is -0.282 e. The summed E-state index contributed by atoms with van der Waals surface area (Å²) < 4.78 is 30.3. The van der Waals surface area contributed by atoms with E-state index in [2.05, 4.69) is 0 Å². The van der Waals surface area contributed by atoms with Crippen LogP contribution in [0.15, 0.2) is 23.1 Å². The van der Waals surface area contributed by atoms with Crippen LogP contribution in [-0.4, -0.2) is 13.0 Å². The first-order valence-corrected chi connectivity index (χ1v) is 4.90. The Hall–Kier alpha value is -0.870. The van der Waals surface area contributed by atoms with E-state index in [9.17, 15) is 8.42 Å². The lowest BCUT2D eigenvalue weighted by molar-refractivity contribution is 0.482. The second kappa shape index (κ2) is 3.89. The first-order chi connectivity index (χ1) is 5.43. The summed E-state index contributed by atoms with van der Waals surface area (Å²) in [5.41, 5.74) is 1.45. The van der Waals surface area contributed by atoms with Gasteiger partial charge in [0, 0.05) is 0 Å². The van der Waals surface area contributed by atoms with Gasteiger partial charge in [0.05, 0.1) is 4.90 Å². The molecule has 0 aliphatic heterocycles. The summed E-state index contributed by atoms with van der Waals surface area (Å²) in [6.45, 7) is 3.46. The zero-order valence-electron chi connectivity index (χ0n) is 6.90. The fraction of sp³-hybridized carbons (Fsp3) is 0.333. The molecule has 0 aliphatic carbocycles. The van der Waals surface area contributed by atoms with Gasteiger partial charge >= 0.3 is 0 Å². The minimum absolute atomic E-state index is 0. The highest BCUT2D eigenvalue weighted by Gasteiger charge is 2.12. The molecule has 0 fully saturated rings. The van der Waals surface area contributed by atoms with Gasteiger partial charge in [0.25, 0.3) is 10.1 Å². The zero-order valence-corrected chi connectivity index (χ0v) is 7.72. The van der Waals surface area contributed by atoms with E-state index >= 15 is 0 Å². The van der Waals surface area contributed by atoms with Gasteiger partial charge in [-0.1, -0.05) is 19.6 Å². The Morgan fingerprint density at radius 2 is 1.77 bits per heavy atom. The van der Waals surface area contributed by atoms with Crippen LogP contribution in [0.1, 0.15) is 18.6 Å². The average Bonchev–Trinajstić information content (AvgIpc) is 1.92. The molecule has 0 saturated heterocycles. The van der Waals surface area contributed by atoms with Crippen molar-refractivity contribution in [3.05, 3.63) is 29.3 Å². The van der Waals surface area contributed by atoms with E-state index in [0.717, 1.165) is 5.56 Å². The Morgan fingerprint density at radius 3 is 2.15 bits per heavy atom. The lowest BCUT2D eigenvalue weighted by Gasteiger charge is -2.03. The van der Waals surface area contributed by atoms with Gasteiger partial charge in [-0.3, -0.25) is 4.55 Å². The molecule has 0 unspecified atom stereocenters. The molecule has 4 heteroatoms. The molecule has 74 valence electrons. The fourth-order valence-corrected chi connectivity index (χ4v) is 1.80. The molecule has 0 amide bonds. The van der Waals surface area contributed by atoms with Gasteiger partial charge in [0.15, 0.2) is 0 Å². The van der Waals surface area contributed by atoms with E-state index in [1.165, 1.54) is 6.07 Å². The van der Waals surface area contributed by atoms with Crippen molar-refractivity contribution in [2.45, 2.75) is 26.2 Å². The molecule has 0 radical (unpaired) electrons. The molecule has 0 bridgehead atoms. The Kier molecular flexibility index (Phi) is 3.63. The second-order valence-electron chi connectivity index (χ2n) is 2.67. The van der Waals surface area contributed by atoms with Crippen molar-refractivity contribution in [3.8, 4) is 0 Å². The summed E-state index contributed by atoms with van der Waals surface area (Å²) in [6.07, 6.45) is 0. The minimum atomic E-state index is -4.06. The number of hydrogen-bond donors (Lipinski definition) is 1. The highest BCUT2D eigenvalue weighted by molar-refractivity contribution is 7.85. The maximum Gasteiger partial charge on any atom is 0.294 e. The van der Waals surface area contributed by atoms with Crippen LogP contribution in [0, 0.1) is 13.8 Å². The third-order valence-corrected chi connectivity index (χ3v) is 2.83. The van der Waals surface area contributed by atoms with Gasteiger partial charge in [-0.15, -0.1) is 0 Å². The molecular formula is C9H14O3S. The summed E-state index contributed by atoms with van der Waals surface area (Å²) in [5.74, 6) is 0. The molecule has 1 rings (SSSR count). The molecule has 0 saturated carbocycles. The number of rotatable bonds is 1. The predicted molar refractivity (Wildman–Crippen MR) is 52.5 cm³/mol. The Bertz CT molecular complexity index is 393. The average molecular weight is 202 g/mol. The molecule has 1 aromatic rings. The van der Waals surface area contributed by atoms with Crippen LogP contribution in [-0.2, 0) is 10.1 Å². The molecule has 3 nitrogen and oxygen atoms in total. The van der Waals surface area contributed by atoms with Crippen molar-refractivity contribution >= 4 is 10.1 Å². The highest BCUT2D eigenvalue weighted by atomic mass is 32.2. The van der Waals surface area contributed by atoms with Crippen LogP contribution in [0.25, 0.3) is 0 Å². The van der Waals surface area contributed by atoms with Crippen molar-refractivity contribution in [3.63, 3.8) is 0 Å². The van der Waals surface area contributed by atoms with Crippen LogP contribution in [0.4, 0.5) is 0 Å². The maximum atomic E-state index is 10.8. The van der Waals surface area contributed by atoms with Crippen LogP contribution in [0.2, 0.25) is 0 Å². The summed E-state index contributed by atoms with van der Waals surface area (Å²) >= 11 is 0. The molecular weight excluding hydrogens is 188 g/mol. The maximum absolute atomic E-state index is 10.8. The van der Waals surface area contributed by atoms with Crippen molar-refractivity contribution in [2.75, 3.05) is 0 Å². The number of aryl methyl sites for hydroxylation is 1. The lowest BCUT2D eigenvalue weighted by Crippen LogP contribution is -2.01. The zero-order chi connectivity index (χ0) is 9.35. The Balaban J connectivity index is 0.00000144. The lowest BCUT2D eigenvalue weighted by atomic mass is 10.1. The Labute approximate surface area is 79.2 Å². The van der Waals surface area contributed by atoms with E-state index in [-0.39, 0.29) is 12.3 Å². The normalized spacial score (nSPS) is 10.7. The van der Waals surface area contributed by atoms with Crippen LogP contribution < -0.4 is 0 Å². The molecule has 0 aliphatic rings. The van der Waals surface area contributed by atoms with E-state index in [1.54, 1.807) is 26.0 Å². The van der Waals surface area contributed by atoms with Crippen molar-refractivity contribution < 1.29 is 13.0 Å². The van der Waals surface area contributed by atoms with Crippen molar-refractivity contribution in [2.24, 2.45) is 0 Å². The largest absolute Gasteiger partial charge is 0.294 e. The molecule has 1 N–H and O–H groups in total. The van der Waals surface area contributed by atoms with Gasteiger partial charge in [-0.2, -0.15) is 8.42 Å². The van der Waals surface area contributed by atoms with Crippen LogP contribution in [0.3, 0.4) is 0 Å². The van der Waals surface area contributed by atoms with E-state index in [1.807, 2.05) is 0 Å². The first kappa shape index (κ1) is 12.1. The highest BCUT2D eigenvalue weighted by Crippen LogP contribution is 2.17. The van der Waals surface area contributed by atoms with Gasteiger partial charge < -0.3 is 0 Å². The van der Waals surface area contributed by atoms with Gasteiger partial charge in [-0.25, -0.2) is 0 Å². The van der Waals surface area contributed by atoms with E-state index < -0.39 is 10.1 Å². The fourth-order valence-electron chi connectivity index (χ4n) is 1.00. The smallest absolute Gasteiger partial charge is 0.282 e. The summed E-state index contributed by atoms with van der Waals surface area (Å²) in [6, 6.07) is 4.78. The molecule has 0 heterocycles. The Morgan fingerprint density at radius 1 is 1.23 bits per heavy atom. The second-order valence-corrected chi connectivity index (χ2v) is 4.06. The third-order valence-electron chi connectivity index (χ3n) is 1.83. The quantitative estimate of drug-likeness (QED) is 0.710. The number of benzene rings is 1. The predicted octanol–water partition coefficient (Wildman–Crippen LogP) is 2.19. The standard InChI is InChI=1S/C8H10O3S.CH4/c1-6-4-3-5-8(7(6)2)12(9,10)11;/h3-5H,1-2H3,(H,9,10,11);1H4. The van der Waals surface area contributed by atoms with Crippen molar-refractivity contribution in [1.82, 2.24) is 0 Å². The van der Waals surface area contributed by atoms with Crippen LogP contribution >= 0.6 is 0 Å². The SMILES string of the molecule is C.Cc1cccc(S(=O)(=O)O)c1C. The summed E-state index contributed by atoms with van der Waals surface area (Å²) in [4.78, 5) is -0.0116. The molecule has 0 atom stereocenters. The third kappa shape index (κ3) is 2.54. The summed E-state index contributed by atoms with van der Waals surface area (Å²) in [5, 5.41) is 0. The molecule has 0 aromatic heterocycles. The van der Waals surface area contributed by atoms with E-state index in [4.69, 9.17) is 4.55 Å².